The number of hydrogen-bond donors (Lipinski definition) is 3. The second-order valence-corrected chi connectivity index (χ2v) is 22.5. The van der Waals surface area contributed by atoms with Crippen LogP contribution in [-0.4, -0.2) is 47.4 Å². The Morgan fingerprint density at radius 2 is 0.586 bits per heavy atom. The predicted molar refractivity (Wildman–Crippen MR) is 306 cm³/mol. The Morgan fingerprint density at radius 3 is 0.871 bits per heavy atom. The van der Waals surface area contributed by atoms with Gasteiger partial charge in [0.1, 0.15) is 0 Å². The lowest BCUT2D eigenvalue weighted by molar-refractivity contribution is -0.143. The Morgan fingerprint density at radius 1 is 0.343 bits per heavy atom. The van der Waals surface area contributed by atoms with E-state index in [9.17, 15) is 19.8 Å². The number of amides is 1. The van der Waals surface area contributed by atoms with E-state index in [-0.39, 0.29) is 18.5 Å². The Hall–Kier alpha value is -1.14. The summed E-state index contributed by atoms with van der Waals surface area (Å²) in [6.45, 7) is 4.99. The van der Waals surface area contributed by atoms with Gasteiger partial charge in [-0.1, -0.05) is 335 Å². The average molecular weight is 991 g/mol. The topological polar surface area (TPSA) is 95.9 Å². The van der Waals surface area contributed by atoms with E-state index in [1.54, 1.807) is 0 Å². The van der Waals surface area contributed by atoms with Gasteiger partial charge < -0.3 is 20.3 Å². The zero-order chi connectivity index (χ0) is 50.7. The van der Waals surface area contributed by atoms with Crippen LogP contribution in [-0.2, 0) is 14.3 Å². The number of nitrogens with one attached hydrogen (secondary N) is 1. The van der Waals surface area contributed by atoms with E-state index in [1.165, 1.54) is 302 Å². The number of aliphatic hydroxyl groups is 2. The maximum Gasteiger partial charge on any atom is 0.305 e. The fourth-order valence-electron chi connectivity index (χ4n) is 10.5. The van der Waals surface area contributed by atoms with Crippen molar-refractivity contribution in [2.45, 2.75) is 386 Å². The molecular weight excluding hydrogens is 863 g/mol. The highest BCUT2D eigenvalue weighted by Crippen LogP contribution is 2.19. The molecule has 0 aliphatic heterocycles. The molecule has 0 aromatic rings. The number of carbonyl (C=O) groups is 2. The van der Waals surface area contributed by atoms with Crippen molar-refractivity contribution in [2.75, 3.05) is 13.2 Å². The molecule has 0 aliphatic carbocycles. The molecule has 6 heteroatoms. The fourth-order valence-corrected chi connectivity index (χ4v) is 10.5. The predicted octanol–water partition coefficient (Wildman–Crippen LogP) is 20.3. The van der Waals surface area contributed by atoms with E-state index in [1.807, 2.05) is 0 Å². The minimum absolute atomic E-state index is 0.0179. The first kappa shape index (κ1) is 68.9. The monoisotopic (exact) mass is 990 g/mol. The van der Waals surface area contributed by atoms with Crippen LogP contribution in [0.5, 0.6) is 0 Å². The molecule has 0 spiro atoms. The van der Waals surface area contributed by atoms with Crippen molar-refractivity contribution in [1.29, 1.82) is 0 Å². The zero-order valence-electron chi connectivity index (χ0n) is 47.8. The lowest BCUT2D eigenvalue weighted by Gasteiger charge is -2.22. The van der Waals surface area contributed by atoms with Crippen LogP contribution in [0.3, 0.4) is 0 Å². The summed E-state index contributed by atoms with van der Waals surface area (Å²) in [5, 5.41) is 23.3. The summed E-state index contributed by atoms with van der Waals surface area (Å²) in [5.41, 5.74) is 0. The maximum absolute atomic E-state index is 12.5. The van der Waals surface area contributed by atoms with Crippen LogP contribution in [0, 0.1) is 0 Å². The Balaban J connectivity index is 3.35. The lowest BCUT2D eigenvalue weighted by atomic mass is 10.0. The molecule has 2 unspecified atom stereocenters. The highest BCUT2D eigenvalue weighted by molar-refractivity contribution is 5.76. The number of esters is 1. The van der Waals surface area contributed by atoms with Crippen molar-refractivity contribution in [2.24, 2.45) is 0 Å². The van der Waals surface area contributed by atoms with Gasteiger partial charge in [0.05, 0.1) is 25.4 Å². The van der Waals surface area contributed by atoms with Crippen molar-refractivity contribution in [3.05, 3.63) is 0 Å². The number of unbranched alkanes of at least 4 members (excludes halogenated alkanes) is 50. The number of hydrogen-bond acceptors (Lipinski definition) is 5. The molecule has 3 N–H and O–H groups in total. The van der Waals surface area contributed by atoms with Crippen LogP contribution in [0.2, 0.25) is 0 Å². The highest BCUT2D eigenvalue weighted by atomic mass is 16.5. The Labute approximate surface area is 438 Å². The molecule has 1 amide bonds. The van der Waals surface area contributed by atoms with Crippen LogP contribution in [0.4, 0.5) is 0 Å². The molecule has 6 nitrogen and oxygen atoms in total. The van der Waals surface area contributed by atoms with Gasteiger partial charge in [-0.25, -0.2) is 0 Å². The van der Waals surface area contributed by atoms with Gasteiger partial charge in [-0.2, -0.15) is 0 Å². The average Bonchev–Trinajstić information content (AvgIpc) is 3.36. The summed E-state index contributed by atoms with van der Waals surface area (Å²) in [6, 6.07) is -0.540. The van der Waals surface area contributed by atoms with E-state index >= 15 is 0 Å². The molecule has 0 aliphatic rings. The summed E-state index contributed by atoms with van der Waals surface area (Å²) in [6.07, 6.45) is 71.2. The first-order chi connectivity index (χ1) is 34.5. The molecule has 70 heavy (non-hydrogen) atoms. The molecule has 0 saturated carbocycles. The van der Waals surface area contributed by atoms with Gasteiger partial charge in [-0.3, -0.25) is 9.59 Å². The van der Waals surface area contributed by atoms with Crippen LogP contribution >= 0.6 is 0 Å². The van der Waals surface area contributed by atoms with Gasteiger partial charge >= 0.3 is 5.97 Å². The van der Waals surface area contributed by atoms with E-state index in [2.05, 4.69) is 19.2 Å². The van der Waals surface area contributed by atoms with E-state index in [0.29, 0.717) is 25.9 Å². The molecule has 0 aromatic carbocycles. The van der Waals surface area contributed by atoms with Gasteiger partial charge in [-0.05, 0) is 25.7 Å². The third-order valence-electron chi connectivity index (χ3n) is 15.4. The standard InChI is InChI=1S/C64H127NO5/c1-3-5-7-9-11-13-15-17-19-30-34-38-42-46-50-54-58-64(69)70-59-55-51-47-43-39-35-31-27-25-23-21-20-22-24-26-29-33-37-41-45-49-53-57-63(68)65-61(60-66)62(67)56-52-48-44-40-36-32-28-18-16-14-12-10-8-6-4-2/h61-62,66-67H,3-60H2,1-2H3,(H,65,68). The van der Waals surface area contributed by atoms with Gasteiger partial charge in [0.15, 0.2) is 0 Å². The fraction of sp³-hybridized carbons (Fsp3) is 0.969. The number of aliphatic hydroxyl groups excluding tert-OH is 2. The lowest BCUT2D eigenvalue weighted by Crippen LogP contribution is -2.45. The summed E-state index contributed by atoms with van der Waals surface area (Å²) < 4.78 is 5.50. The SMILES string of the molecule is CCCCCCCCCCCCCCCCCCC(=O)OCCCCCCCCCCCCCCCCCCCCCCCCC(=O)NC(CO)C(O)CCCCCCCCCCCCCCCCC. The number of carbonyl (C=O) groups excluding carboxylic acids is 2. The maximum atomic E-state index is 12.5. The van der Waals surface area contributed by atoms with Crippen molar-refractivity contribution < 1.29 is 24.5 Å². The minimum atomic E-state index is -0.663. The van der Waals surface area contributed by atoms with Crippen LogP contribution in [0.15, 0.2) is 0 Å². The van der Waals surface area contributed by atoms with Crippen LogP contribution in [0.25, 0.3) is 0 Å². The highest BCUT2D eigenvalue weighted by Gasteiger charge is 2.20. The summed E-state index contributed by atoms with van der Waals surface area (Å²) in [7, 11) is 0. The molecule has 2 atom stereocenters. The third-order valence-corrected chi connectivity index (χ3v) is 15.4. The molecular formula is C64H127NO5. The van der Waals surface area contributed by atoms with Gasteiger partial charge in [0, 0.05) is 12.8 Å². The third kappa shape index (κ3) is 56.2. The first-order valence-corrected chi connectivity index (χ1v) is 32.3. The quantitative estimate of drug-likeness (QED) is 0.0417. The number of ether oxygens (including phenoxy) is 1. The van der Waals surface area contributed by atoms with E-state index < -0.39 is 12.1 Å². The summed E-state index contributed by atoms with van der Waals surface area (Å²) in [4.78, 5) is 24.6. The van der Waals surface area contributed by atoms with Crippen molar-refractivity contribution in [3.63, 3.8) is 0 Å². The Kier molecular flexibility index (Phi) is 59.4. The van der Waals surface area contributed by atoms with Crippen molar-refractivity contribution >= 4 is 11.9 Å². The molecule has 0 saturated heterocycles. The molecule has 0 bridgehead atoms. The van der Waals surface area contributed by atoms with E-state index in [4.69, 9.17) is 4.74 Å². The van der Waals surface area contributed by atoms with Gasteiger partial charge in [-0.15, -0.1) is 0 Å². The molecule has 418 valence electrons. The molecule has 0 fully saturated rings. The zero-order valence-corrected chi connectivity index (χ0v) is 47.8. The van der Waals surface area contributed by atoms with Crippen LogP contribution < -0.4 is 5.32 Å². The summed E-state index contributed by atoms with van der Waals surface area (Å²) >= 11 is 0. The largest absolute Gasteiger partial charge is 0.466 e. The normalized spacial score (nSPS) is 12.5. The van der Waals surface area contributed by atoms with E-state index in [0.717, 1.165) is 38.5 Å². The minimum Gasteiger partial charge on any atom is -0.466 e. The molecule has 0 aromatic heterocycles. The molecule has 0 radical (unpaired) electrons. The van der Waals surface area contributed by atoms with Gasteiger partial charge in [0.2, 0.25) is 5.91 Å². The number of rotatable bonds is 61. The van der Waals surface area contributed by atoms with Crippen molar-refractivity contribution in [3.8, 4) is 0 Å². The van der Waals surface area contributed by atoms with Gasteiger partial charge in [0.25, 0.3) is 0 Å². The Bertz CT molecular complexity index is 1010. The molecule has 0 rings (SSSR count). The van der Waals surface area contributed by atoms with Crippen molar-refractivity contribution in [1.82, 2.24) is 5.32 Å². The summed E-state index contributed by atoms with van der Waals surface area (Å²) in [5.74, 6) is -0.0139. The second-order valence-electron chi connectivity index (χ2n) is 22.5. The second kappa shape index (κ2) is 60.4. The molecule has 0 heterocycles. The van der Waals surface area contributed by atoms with Crippen LogP contribution in [0.1, 0.15) is 373 Å². The smallest absolute Gasteiger partial charge is 0.305 e. The first-order valence-electron chi connectivity index (χ1n) is 32.3.